The van der Waals surface area contributed by atoms with E-state index in [4.69, 9.17) is 9.47 Å². The van der Waals surface area contributed by atoms with Crippen LogP contribution in [0.15, 0.2) is 54.6 Å². The molecule has 2 rings (SSSR count). The van der Waals surface area contributed by atoms with Crippen LogP contribution in [0.2, 0.25) is 0 Å². The van der Waals surface area contributed by atoms with E-state index in [1.807, 2.05) is 54.6 Å². The molecule has 0 bridgehead atoms. The predicted octanol–water partition coefficient (Wildman–Crippen LogP) is 4.62. The first-order chi connectivity index (χ1) is 10.3. The Morgan fingerprint density at radius 3 is 2.19 bits per heavy atom. The summed E-state index contributed by atoms with van der Waals surface area (Å²) in [6, 6.07) is 16.9. The number of carbonyl (C=O) groups excluding carboxylic acids is 1. The van der Waals surface area contributed by atoms with Crippen molar-refractivity contribution in [2.24, 2.45) is 0 Å². The summed E-state index contributed by atoms with van der Waals surface area (Å²) in [5.74, 6) is 2.36. The summed E-state index contributed by atoms with van der Waals surface area (Å²) in [6.07, 6.45) is 2.54. The van der Waals surface area contributed by atoms with Crippen LogP contribution in [0.25, 0.3) is 0 Å². The molecule has 0 aliphatic heterocycles. The van der Waals surface area contributed by atoms with Gasteiger partial charge in [0.15, 0.2) is 5.78 Å². The van der Waals surface area contributed by atoms with Crippen molar-refractivity contribution < 1.29 is 14.3 Å². The molecule has 3 heteroatoms. The van der Waals surface area contributed by atoms with Crippen LogP contribution in [0.5, 0.6) is 17.2 Å². The molecule has 21 heavy (non-hydrogen) atoms. The molecule has 2 aromatic rings. The van der Waals surface area contributed by atoms with Gasteiger partial charge in [-0.3, -0.25) is 4.79 Å². The van der Waals surface area contributed by atoms with Gasteiger partial charge in [-0.15, -0.1) is 0 Å². The van der Waals surface area contributed by atoms with Gasteiger partial charge < -0.3 is 9.47 Å². The Bertz CT molecular complexity index is 546. The van der Waals surface area contributed by atoms with E-state index in [1.165, 1.54) is 0 Å². The fourth-order valence-corrected chi connectivity index (χ4v) is 1.84. The van der Waals surface area contributed by atoms with E-state index in [0.717, 1.165) is 24.3 Å². The van der Waals surface area contributed by atoms with Crippen LogP contribution in [0.1, 0.15) is 26.2 Å². The van der Waals surface area contributed by atoms with E-state index in [0.29, 0.717) is 12.2 Å². The SMILES string of the molecule is CCCCC(=O)COc1ccc(Oc2ccccc2)cc1. The summed E-state index contributed by atoms with van der Waals surface area (Å²) >= 11 is 0. The Morgan fingerprint density at radius 2 is 1.52 bits per heavy atom. The van der Waals surface area contributed by atoms with Crippen molar-refractivity contribution in [1.82, 2.24) is 0 Å². The molecule has 2 aromatic carbocycles. The molecule has 0 radical (unpaired) electrons. The van der Waals surface area contributed by atoms with Crippen LogP contribution in [0.3, 0.4) is 0 Å². The molecule has 0 fully saturated rings. The smallest absolute Gasteiger partial charge is 0.170 e. The van der Waals surface area contributed by atoms with Crippen LogP contribution in [0, 0.1) is 0 Å². The van der Waals surface area contributed by atoms with Gasteiger partial charge in [-0.2, -0.15) is 0 Å². The number of Topliss-reactive ketones (excluding diaryl/α,β-unsaturated/α-hetero) is 1. The van der Waals surface area contributed by atoms with Crippen molar-refractivity contribution in [3.63, 3.8) is 0 Å². The van der Waals surface area contributed by atoms with Gasteiger partial charge in [-0.25, -0.2) is 0 Å². The molecule has 0 spiro atoms. The Morgan fingerprint density at radius 1 is 0.905 bits per heavy atom. The number of hydrogen-bond donors (Lipinski definition) is 0. The van der Waals surface area contributed by atoms with Crippen molar-refractivity contribution in [1.29, 1.82) is 0 Å². The van der Waals surface area contributed by atoms with Gasteiger partial charge in [0.2, 0.25) is 0 Å². The van der Waals surface area contributed by atoms with Crippen LogP contribution in [0.4, 0.5) is 0 Å². The maximum atomic E-state index is 11.5. The number of para-hydroxylation sites is 1. The third-order valence-electron chi connectivity index (χ3n) is 3.01. The molecule has 0 saturated carbocycles. The van der Waals surface area contributed by atoms with Crippen molar-refractivity contribution in [2.75, 3.05) is 6.61 Å². The van der Waals surface area contributed by atoms with E-state index in [9.17, 15) is 4.79 Å². The van der Waals surface area contributed by atoms with Crippen LogP contribution in [-0.4, -0.2) is 12.4 Å². The highest BCUT2D eigenvalue weighted by Gasteiger charge is 2.03. The van der Waals surface area contributed by atoms with E-state index in [1.54, 1.807) is 0 Å². The van der Waals surface area contributed by atoms with Crippen LogP contribution < -0.4 is 9.47 Å². The van der Waals surface area contributed by atoms with E-state index in [-0.39, 0.29) is 12.4 Å². The molecule has 0 atom stereocenters. The van der Waals surface area contributed by atoms with Gasteiger partial charge in [-0.1, -0.05) is 31.5 Å². The average molecular weight is 284 g/mol. The summed E-state index contributed by atoms with van der Waals surface area (Å²) < 4.78 is 11.2. The molecule has 0 unspecified atom stereocenters. The van der Waals surface area contributed by atoms with Crippen molar-refractivity contribution in [3.8, 4) is 17.2 Å². The summed E-state index contributed by atoms with van der Waals surface area (Å²) in [4.78, 5) is 11.5. The highest BCUT2D eigenvalue weighted by molar-refractivity contribution is 5.79. The molecule has 0 amide bonds. The second-order valence-corrected chi connectivity index (χ2v) is 4.82. The second-order valence-electron chi connectivity index (χ2n) is 4.82. The number of hydrogen-bond acceptors (Lipinski definition) is 3. The van der Waals surface area contributed by atoms with E-state index in [2.05, 4.69) is 6.92 Å². The average Bonchev–Trinajstić information content (AvgIpc) is 2.53. The molecular weight excluding hydrogens is 264 g/mol. The maximum absolute atomic E-state index is 11.5. The first-order valence-electron chi connectivity index (χ1n) is 7.25. The fourth-order valence-electron chi connectivity index (χ4n) is 1.84. The Labute approximate surface area is 125 Å². The Kier molecular flexibility index (Phi) is 5.83. The molecular formula is C18H20O3. The van der Waals surface area contributed by atoms with Gasteiger partial charge in [0.25, 0.3) is 0 Å². The first kappa shape index (κ1) is 15.1. The van der Waals surface area contributed by atoms with Crippen LogP contribution >= 0.6 is 0 Å². The Balaban J connectivity index is 1.83. The van der Waals surface area contributed by atoms with Crippen LogP contribution in [-0.2, 0) is 4.79 Å². The molecule has 0 heterocycles. The van der Waals surface area contributed by atoms with E-state index < -0.39 is 0 Å². The molecule has 0 N–H and O–H groups in total. The summed E-state index contributed by atoms with van der Waals surface area (Å²) in [6.45, 7) is 2.21. The summed E-state index contributed by atoms with van der Waals surface area (Å²) in [5, 5.41) is 0. The zero-order valence-electron chi connectivity index (χ0n) is 12.2. The third-order valence-corrected chi connectivity index (χ3v) is 3.01. The zero-order chi connectivity index (χ0) is 14.9. The minimum atomic E-state index is 0.138. The largest absolute Gasteiger partial charge is 0.486 e. The van der Waals surface area contributed by atoms with Gasteiger partial charge in [-0.05, 0) is 42.8 Å². The number of ether oxygens (including phenoxy) is 2. The Hall–Kier alpha value is -2.29. The molecule has 0 aliphatic rings. The lowest BCUT2D eigenvalue weighted by Gasteiger charge is -2.08. The van der Waals surface area contributed by atoms with Gasteiger partial charge in [0, 0.05) is 6.42 Å². The maximum Gasteiger partial charge on any atom is 0.170 e. The number of carbonyl (C=O) groups is 1. The summed E-state index contributed by atoms with van der Waals surface area (Å²) in [5.41, 5.74) is 0. The fraction of sp³-hybridized carbons (Fsp3) is 0.278. The summed E-state index contributed by atoms with van der Waals surface area (Å²) in [7, 11) is 0. The third kappa shape index (κ3) is 5.30. The number of unbranched alkanes of at least 4 members (excludes halogenated alkanes) is 1. The van der Waals surface area contributed by atoms with Crippen molar-refractivity contribution >= 4 is 5.78 Å². The van der Waals surface area contributed by atoms with Crippen molar-refractivity contribution in [3.05, 3.63) is 54.6 Å². The lowest BCUT2D eigenvalue weighted by molar-refractivity contribution is -0.121. The van der Waals surface area contributed by atoms with Crippen molar-refractivity contribution in [2.45, 2.75) is 26.2 Å². The second kappa shape index (κ2) is 8.10. The zero-order valence-corrected chi connectivity index (χ0v) is 12.2. The van der Waals surface area contributed by atoms with Gasteiger partial charge in [0.1, 0.15) is 23.9 Å². The highest BCUT2D eigenvalue weighted by Crippen LogP contribution is 2.23. The number of benzene rings is 2. The minimum absolute atomic E-state index is 0.138. The highest BCUT2D eigenvalue weighted by atomic mass is 16.5. The van der Waals surface area contributed by atoms with Gasteiger partial charge >= 0.3 is 0 Å². The monoisotopic (exact) mass is 284 g/mol. The normalized spacial score (nSPS) is 10.1. The van der Waals surface area contributed by atoms with Gasteiger partial charge in [0.05, 0.1) is 0 Å². The van der Waals surface area contributed by atoms with E-state index >= 15 is 0 Å². The minimum Gasteiger partial charge on any atom is -0.486 e. The lowest BCUT2D eigenvalue weighted by atomic mass is 10.2. The quantitative estimate of drug-likeness (QED) is 0.709. The first-order valence-corrected chi connectivity index (χ1v) is 7.25. The number of rotatable bonds is 8. The molecule has 0 saturated heterocycles. The predicted molar refractivity (Wildman–Crippen MR) is 83.0 cm³/mol. The molecule has 0 aliphatic carbocycles. The lowest BCUT2D eigenvalue weighted by Crippen LogP contribution is -2.10. The number of ketones is 1. The topological polar surface area (TPSA) is 35.5 Å². The molecule has 110 valence electrons. The molecule has 0 aromatic heterocycles. The molecule has 3 nitrogen and oxygen atoms in total. The standard InChI is InChI=1S/C18H20O3/c1-2-3-7-15(19)14-20-16-10-12-18(13-11-16)21-17-8-5-4-6-9-17/h4-6,8-13H,2-3,7,14H2,1H3.